The van der Waals surface area contributed by atoms with E-state index in [1.165, 1.54) is 6.26 Å². The van der Waals surface area contributed by atoms with Crippen molar-refractivity contribution in [1.29, 1.82) is 0 Å². The van der Waals surface area contributed by atoms with E-state index >= 15 is 0 Å². The summed E-state index contributed by atoms with van der Waals surface area (Å²) in [5.74, 6) is 1.55. The highest BCUT2D eigenvalue weighted by Crippen LogP contribution is 2.25. The first kappa shape index (κ1) is 15.5. The Labute approximate surface area is 127 Å². The fourth-order valence-corrected chi connectivity index (χ4v) is 3.10. The summed E-state index contributed by atoms with van der Waals surface area (Å²) in [5, 5.41) is 9.65. The van der Waals surface area contributed by atoms with Gasteiger partial charge >= 0.3 is 5.95 Å². The van der Waals surface area contributed by atoms with Crippen LogP contribution in [0.25, 0.3) is 0 Å². The summed E-state index contributed by atoms with van der Waals surface area (Å²) in [7, 11) is -0.940. The van der Waals surface area contributed by atoms with E-state index < -0.39 is 10.8 Å². The van der Waals surface area contributed by atoms with Crippen molar-refractivity contribution in [1.82, 2.24) is 16.0 Å². The van der Waals surface area contributed by atoms with E-state index in [0.717, 1.165) is 18.8 Å². The molecule has 7 heteroatoms. The molecular formula is C14H21N3O3S. The lowest BCUT2D eigenvalue weighted by Crippen LogP contribution is -2.52. The summed E-state index contributed by atoms with van der Waals surface area (Å²) in [5.41, 5.74) is 2.17. The quantitative estimate of drug-likeness (QED) is 0.530. The van der Waals surface area contributed by atoms with E-state index in [9.17, 15) is 4.21 Å². The minimum absolute atomic E-state index is 0.0295. The average molecular weight is 311 g/mol. The van der Waals surface area contributed by atoms with Gasteiger partial charge in [0.25, 0.3) is 0 Å². The average Bonchev–Trinajstić information content (AvgIpc) is 2.62. The Kier molecular flexibility index (Phi) is 4.65. The Bertz CT molecular complexity index is 552. The molecular weight excluding hydrogens is 290 g/mol. The lowest BCUT2D eigenvalue weighted by molar-refractivity contribution is 0.0975. The van der Waals surface area contributed by atoms with Gasteiger partial charge in [-0.1, -0.05) is 12.3 Å². The highest BCUT2D eigenvalue weighted by molar-refractivity contribution is 7.85. The second kappa shape index (κ2) is 6.28. The van der Waals surface area contributed by atoms with Crippen LogP contribution in [0, 0.1) is 0 Å². The van der Waals surface area contributed by atoms with Gasteiger partial charge in [-0.2, -0.15) is 0 Å². The second-order valence-corrected chi connectivity index (χ2v) is 6.92. The van der Waals surface area contributed by atoms with Crippen LogP contribution in [0.3, 0.4) is 0 Å². The maximum Gasteiger partial charge on any atom is 0.308 e. The van der Waals surface area contributed by atoms with Crippen LogP contribution in [0.1, 0.15) is 20.3 Å². The summed E-state index contributed by atoms with van der Waals surface area (Å²) >= 11 is 0. The molecule has 0 amide bonds. The van der Waals surface area contributed by atoms with Crippen LogP contribution in [0.2, 0.25) is 0 Å². The third-order valence-corrected chi connectivity index (χ3v) is 5.28. The SMILES string of the molecule is C=C=COC1=CNC2=C(NC(C)(C(C)S(C)=O)CCN2)O1. The van der Waals surface area contributed by atoms with Crippen LogP contribution in [-0.4, -0.2) is 27.8 Å². The fourth-order valence-electron chi connectivity index (χ4n) is 2.20. The molecule has 6 nitrogen and oxygen atoms in total. The molecule has 2 rings (SSSR count). The standard InChI is InChI=1S/C14H21N3O3S/c1-5-8-19-11-9-16-12-13(20-11)17-14(3,6-7-15-12)10(2)21(4)18/h8-10,15-17H,1,6-7H2,2-4H3. The molecule has 0 aromatic heterocycles. The molecule has 116 valence electrons. The van der Waals surface area contributed by atoms with Crippen molar-refractivity contribution in [2.75, 3.05) is 12.8 Å². The Morgan fingerprint density at radius 1 is 1.67 bits per heavy atom. The molecule has 0 aromatic rings. The third-order valence-electron chi connectivity index (χ3n) is 3.76. The number of rotatable bonds is 4. The maximum atomic E-state index is 11.8. The Balaban J connectivity index is 2.17. The molecule has 0 bridgehead atoms. The maximum absolute atomic E-state index is 11.8. The second-order valence-electron chi connectivity index (χ2n) is 5.21. The van der Waals surface area contributed by atoms with Gasteiger partial charge in [0.2, 0.25) is 5.88 Å². The molecule has 2 aliphatic heterocycles. The van der Waals surface area contributed by atoms with Gasteiger partial charge in [0.05, 0.1) is 17.0 Å². The molecule has 21 heavy (non-hydrogen) atoms. The zero-order valence-corrected chi connectivity index (χ0v) is 13.3. The lowest BCUT2D eigenvalue weighted by atomic mass is 9.94. The van der Waals surface area contributed by atoms with Crippen molar-refractivity contribution in [2.24, 2.45) is 0 Å². The van der Waals surface area contributed by atoms with Gasteiger partial charge < -0.3 is 25.4 Å². The van der Waals surface area contributed by atoms with Crippen molar-refractivity contribution >= 4 is 10.8 Å². The lowest BCUT2D eigenvalue weighted by Gasteiger charge is -2.35. The number of hydrogen-bond donors (Lipinski definition) is 3. The first-order valence-corrected chi connectivity index (χ1v) is 8.32. The van der Waals surface area contributed by atoms with E-state index in [-0.39, 0.29) is 16.7 Å². The predicted molar refractivity (Wildman–Crippen MR) is 81.8 cm³/mol. The molecule has 3 atom stereocenters. The molecule has 0 spiro atoms. The van der Waals surface area contributed by atoms with E-state index in [4.69, 9.17) is 9.47 Å². The fraction of sp³-hybridized carbons (Fsp3) is 0.500. The van der Waals surface area contributed by atoms with Crippen molar-refractivity contribution in [3.05, 3.63) is 42.4 Å². The van der Waals surface area contributed by atoms with Crippen LogP contribution < -0.4 is 16.0 Å². The number of ether oxygens (including phenoxy) is 2. The van der Waals surface area contributed by atoms with E-state index in [1.54, 1.807) is 12.5 Å². The predicted octanol–water partition coefficient (Wildman–Crippen LogP) is 0.955. The molecule has 2 aliphatic rings. The summed E-state index contributed by atoms with van der Waals surface area (Å²) in [6.45, 7) is 8.19. The van der Waals surface area contributed by atoms with Gasteiger partial charge in [-0.05, 0) is 20.3 Å². The van der Waals surface area contributed by atoms with Crippen molar-refractivity contribution < 1.29 is 13.7 Å². The first-order valence-electron chi connectivity index (χ1n) is 6.70. The van der Waals surface area contributed by atoms with Gasteiger partial charge in [0.1, 0.15) is 6.26 Å². The van der Waals surface area contributed by atoms with E-state index in [0.29, 0.717) is 5.88 Å². The number of nitrogens with one attached hydrogen (secondary N) is 3. The monoisotopic (exact) mass is 311 g/mol. The molecule has 0 radical (unpaired) electrons. The minimum Gasteiger partial charge on any atom is -0.424 e. The molecule has 3 N–H and O–H groups in total. The van der Waals surface area contributed by atoms with Gasteiger partial charge in [0.15, 0.2) is 5.82 Å². The number of hydrogen-bond acceptors (Lipinski definition) is 6. The van der Waals surface area contributed by atoms with Gasteiger partial charge in [0, 0.05) is 23.6 Å². The smallest absolute Gasteiger partial charge is 0.308 e. The zero-order valence-electron chi connectivity index (χ0n) is 12.5. The Morgan fingerprint density at radius 3 is 3.10 bits per heavy atom. The van der Waals surface area contributed by atoms with Crippen molar-refractivity contribution in [2.45, 2.75) is 31.1 Å². The van der Waals surface area contributed by atoms with Crippen LogP contribution >= 0.6 is 0 Å². The topological polar surface area (TPSA) is 71.6 Å². The van der Waals surface area contributed by atoms with Crippen LogP contribution in [0.5, 0.6) is 0 Å². The summed E-state index contributed by atoms with van der Waals surface area (Å²) in [4.78, 5) is 0. The molecule has 2 heterocycles. The molecule has 0 aromatic carbocycles. The Morgan fingerprint density at radius 2 is 2.43 bits per heavy atom. The van der Waals surface area contributed by atoms with E-state index in [1.807, 2.05) is 13.8 Å². The first-order chi connectivity index (χ1) is 9.96. The summed E-state index contributed by atoms with van der Waals surface area (Å²) in [6.07, 6.45) is 5.45. The van der Waals surface area contributed by atoms with Crippen molar-refractivity contribution in [3.63, 3.8) is 0 Å². The van der Waals surface area contributed by atoms with Gasteiger partial charge in [-0.15, -0.1) is 0 Å². The minimum atomic E-state index is -0.940. The molecule has 0 saturated carbocycles. The summed E-state index contributed by atoms with van der Waals surface area (Å²) in [6, 6.07) is 0. The van der Waals surface area contributed by atoms with Crippen LogP contribution in [0.15, 0.2) is 42.4 Å². The van der Waals surface area contributed by atoms with Crippen LogP contribution in [-0.2, 0) is 20.3 Å². The molecule has 3 unspecified atom stereocenters. The molecule has 0 fully saturated rings. The zero-order chi connectivity index (χ0) is 15.5. The van der Waals surface area contributed by atoms with E-state index in [2.05, 4.69) is 28.3 Å². The summed E-state index contributed by atoms with van der Waals surface area (Å²) < 4.78 is 22.7. The highest BCUT2D eigenvalue weighted by atomic mass is 32.2. The molecule has 0 saturated heterocycles. The highest BCUT2D eigenvalue weighted by Gasteiger charge is 2.37. The Hall–Kier alpha value is -1.85. The van der Waals surface area contributed by atoms with Gasteiger partial charge in [-0.3, -0.25) is 4.21 Å². The van der Waals surface area contributed by atoms with Crippen LogP contribution in [0.4, 0.5) is 0 Å². The van der Waals surface area contributed by atoms with Crippen molar-refractivity contribution in [3.8, 4) is 0 Å². The largest absolute Gasteiger partial charge is 0.424 e. The molecule has 0 aliphatic carbocycles. The third kappa shape index (κ3) is 3.43. The normalized spacial score (nSPS) is 27.1. The van der Waals surface area contributed by atoms with Gasteiger partial charge in [-0.25, -0.2) is 0 Å².